The number of aryl methyl sites for hydroxylation is 2. The summed E-state index contributed by atoms with van der Waals surface area (Å²) in [7, 11) is 1.83. The summed E-state index contributed by atoms with van der Waals surface area (Å²) in [5.74, 6) is 0. The van der Waals surface area contributed by atoms with Crippen LogP contribution in [0.3, 0.4) is 0 Å². The van der Waals surface area contributed by atoms with Gasteiger partial charge in [0, 0.05) is 37.1 Å². The van der Waals surface area contributed by atoms with E-state index in [1.807, 2.05) is 27.1 Å². The van der Waals surface area contributed by atoms with Gasteiger partial charge in [-0.15, -0.1) is 0 Å². The molecule has 0 saturated heterocycles. The zero-order valence-corrected chi connectivity index (χ0v) is 11.4. The highest BCUT2D eigenvalue weighted by atomic mass is 19.4. The van der Waals surface area contributed by atoms with E-state index in [9.17, 15) is 13.2 Å². The van der Waals surface area contributed by atoms with E-state index in [1.54, 1.807) is 4.68 Å². The van der Waals surface area contributed by atoms with Crippen LogP contribution >= 0.6 is 0 Å². The number of halogens is 3. The number of nitrogens with one attached hydrogen (secondary N) is 2. The van der Waals surface area contributed by atoms with Crippen molar-refractivity contribution in [3.8, 4) is 0 Å². The molecule has 2 aromatic heterocycles. The fourth-order valence-corrected chi connectivity index (χ4v) is 2.01. The lowest BCUT2D eigenvalue weighted by molar-refractivity contribution is -0.141. The van der Waals surface area contributed by atoms with Crippen LogP contribution in [0.2, 0.25) is 0 Å². The molecule has 1 unspecified atom stereocenters. The van der Waals surface area contributed by atoms with E-state index in [2.05, 4.69) is 20.6 Å². The second-order valence-electron chi connectivity index (χ2n) is 4.72. The third-order valence-corrected chi connectivity index (χ3v) is 3.04. The fraction of sp³-hybridized carbons (Fsp3) is 0.500. The van der Waals surface area contributed by atoms with Gasteiger partial charge in [-0.05, 0) is 19.9 Å². The van der Waals surface area contributed by atoms with Gasteiger partial charge in [0.05, 0.1) is 5.69 Å². The van der Waals surface area contributed by atoms with E-state index in [4.69, 9.17) is 0 Å². The molecule has 0 radical (unpaired) electrons. The highest BCUT2D eigenvalue weighted by Gasteiger charge is 2.33. The smallest absolute Gasteiger partial charge is 0.304 e. The maximum Gasteiger partial charge on any atom is 0.435 e. The lowest BCUT2D eigenvalue weighted by Crippen LogP contribution is -2.18. The molecule has 0 aromatic carbocycles. The first-order valence-corrected chi connectivity index (χ1v) is 6.12. The SMILES string of the molecule is Cc1nn(C)cc1C(C)NCc1cc(C(F)(F)F)n[nH]1. The van der Waals surface area contributed by atoms with E-state index >= 15 is 0 Å². The van der Waals surface area contributed by atoms with Crippen LogP contribution in [-0.4, -0.2) is 20.0 Å². The molecule has 5 nitrogen and oxygen atoms in total. The van der Waals surface area contributed by atoms with Crippen LogP contribution in [0.4, 0.5) is 13.2 Å². The first-order chi connectivity index (χ1) is 9.27. The quantitative estimate of drug-likeness (QED) is 0.907. The summed E-state index contributed by atoms with van der Waals surface area (Å²) in [5.41, 5.74) is 1.40. The number of alkyl halides is 3. The highest BCUT2D eigenvalue weighted by molar-refractivity contribution is 5.19. The Kier molecular flexibility index (Phi) is 3.85. The van der Waals surface area contributed by atoms with E-state index in [1.165, 1.54) is 0 Å². The van der Waals surface area contributed by atoms with Crippen molar-refractivity contribution in [3.63, 3.8) is 0 Å². The van der Waals surface area contributed by atoms with Crippen molar-refractivity contribution in [3.05, 3.63) is 34.9 Å². The predicted octanol–water partition coefficient (Wildman–Crippen LogP) is 2.32. The van der Waals surface area contributed by atoms with Crippen molar-refractivity contribution in [2.45, 2.75) is 32.6 Å². The molecule has 8 heteroatoms. The second kappa shape index (κ2) is 5.28. The molecule has 2 N–H and O–H groups in total. The van der Waals surface area contributed by atoms with Gasteiger partial charge in [0.1, 0.15) is 0 Å². The van der Waals surface area contributed by atoms with Gasteiger partial charge in [-0.1, -0.05) is 0 Å². The molecule has 110 valence electrons. The van der Waals surface area contributed by atoms with E-state index < -0.39 is 11.9 Å². The Morgan fingerprint density at radius 1 is 1.45 bits per heavy atom. The average Bonchev–Trinajstić information content (AvgIpc) is 2.92. The number of nitrogens with zero attached hydrogens (tertiary/aromatic N) is 3. The van der Waals surface area contributed by atoms with Gasteiger partial charge in [0.15, 0.2) is 5.69 Å². The molecule has 0 aliphatic rings. The van der Waals surface area contributed by atoms with Gasteiger partial charge >= 0.3 is 6.18 Å². The van der Waals surface area contributed by atoms with Crippen LogP contribution in [0.15, 0.2) is 12.3 Å². The Bertz CT molecular complexity index is 584. The summed E-state index contributed by atoms with van der Waals surface area (Å²) in [4.78, 5) is 0. The van der Waals surface area contributed by atoms with Crippen LogP contribution in [0.25, 0.3) is 0 Å². The maximum absolute atomic E-state index is 12.4. The number of H-pyrrole nitrogens is 1. The minimum absolute atomic E-state index is 0.0127. The zero-order chi connectivity index (χ0) is 14.9. The normalized spacial score (nSPS) is 13.7. The van der Waals surface area contributed by atoms with Gasteiger partial charge < -0.3 is 5.32 Å². The molecule has 0 bridgehead atoms. The molecule has 2 rings (SSSR count). The molecule has 0 fully saturated rings. The van der Waals surface area contributed by atoms with E-state index in [0.717, 1.165) is 17.3 Å². The molecule has 0 aliphatic carbocycles. The molecule has 0 amide bonds. The van der Waals surface area contributed by atoms with Crippen molar-refractivity contribution < 1.29 is 13.2 Å². The van der Waals surface area contributed by atoms with Crippen LogP contribution < -0.4 is 5.32 Å². The van der Waals surface area contributed by atoms with Gasteiger partial charge in [-0.2, -0.15) is 23.4 Å². The van der Waals surface area contributed by atoms with Crippen LogP contribution in [-0.2, 0) is 19.8 Å². The van der Waals surface area contributed by atoms with Crippen LogP contribution in [0.5, 0.6) is 0 Å². The molecule has 2 heterocycles. The van der Waals surface area contributed by atoms with E-state index in [0.29, 0.717) is 5.69 Å². The van der Waals surface area contributed by atoms with E-state index in [-0.39, 0.29) is 12.6 Å². The first kappa shape index (κ1) is 14.6. The number of rotatable bonds is 4. The largest absolute Gasteiger partial charge is 0.435 e. The highest BCUT2D eigenvalue weighted by Crippen LogP contribution is 2.27. The van der Waals surface area contributed by atoms with Gasteiger partial charge in [-0.25, -0.2) is 0 Å². The fourth-order valence-electron chi connectivity index (χ4n) is 2.01. The van der Waals surface area contributed by atoms with Crippen molar-refractivity contribution >= 4 is 0 Å². The monoisotopic (exact) mass is 287 g/mol. The minimum atomic E-state index is -4.42. The number of aromatic nitrogens is 4. The molecule has 0 saturated carbocycles. The Morgan fingerprint density at radius 3 is 2.65 bits per heavy atom. The van der Waals surface area contributed by atoms with Crippen molar-refractivity contribution in [2.24, 2.45) is 7.05 Å². The molecule has 0 spiro atoms. The number of hydrogen-bond acceptors (Lipinski definition) is 3. The topological polar surface area (TPSA) is 58.5 Å². The molecule has 0 aliphatic heterocycles. The summed E-state index contributed by atoms with van der Waals surface area (Å²) < 4.78 is 38.9. The lowest BCUT2D eigenvalue weighted by Gasteiger charge is -2.11. The summed E-state index contributed by atoms with van der Waals surface area (Å²) >= 11 is 0. The van der Waals surface area contributed by atoms with Crippen molar-refractivity contribution in [1.29, 1.82) is 0 Å². The Morgan fingerprint density at radius 2 is 2.15 bits per heavy atom. The van der Waals surface area contributed by atoms with Crippen LogP contribution in [0, 0.1) is 6.92 Å². The molecule has 20 heavy (non-hydrogen) atoms. The number of aromatic amines is 1. The summed E-state index contributed by atoms with van der Waals surface area (Å²) in [6.07, 6.45) is -2.53. The second-order valence-corrected chi connectivity index (χ2v) is 4.72. The molecule has 1 atom stereocenters. The van der Waals surface area contributed by atoms with Gasteiger partial charge in [0.2, 0.25) is 0 Å². The third-order valence-electron chi connectivity index (χ3n) is 3.04. The molecular weight excluding hydrogens is 271 g/mol. The lowest BCUT2D eigenvalue weighted by atomic mass is 10.1. The van der Waals surface area contributed by atoms with Crippen LogP contribution in [0.1, 0.15) is 35.6 Å². The summed E-state index contributed by atoms with van der Waals surface area (Å²) in [6.45, 7) is 4.11. The third kappa shape index (κ3) is 3.19. The predicted molar refractivity (Wildman–Crippen MR) is 66.8 cm³/mol. The Hall–Kier alpha value is -1.83. The Labute approximate surface area is 114 Å². The first-order valence-electron chi connectivity index (χ1n) is 6.12. The minimum Gasteiger partial charge on any atom is -0.304 e. The Balaban J connectivity index is 1.98. The zero-order valence-electron chi connectivity index (χ0n) is 11.4. The van der Waals surface area contributed by atoms with Crippen molar-refractivity contribution in [1.82, 2.24) is 25.3 Å². The standard InChI is InChI=1S/C12H16F3N5/c1-7(10-6-20(3)19-8(10)2)16-5-9-4-11(18-17-9)12(13,14)15/h4,6-7,16H,5H2,1-3H3,(H,17,18). The summed E-state index contributed by atoms with van der Waals surface area (Å²) in [5, 5.41) is 13.0. The van der Waals surface area contributed by atoms with Gasteiger partial charge in [0.25, 0.3) is 0 Å². The molecular formula is C12H16F3N5. The van der Waals surface area contributed by atoms with Crippen molar-refractivity contribution in [2.75, 3.05) is 0 Å². The summed E-state index contributed by atoms with van der Waals surface area (Å²) in [6, 6.07) is 0.997. The average molecular weight is 287 g/mol. The molecule has 2 aromatic rings. The number of hydrogen-bond donors (Lipinski definition) is 2. The maximum atomic E-state index is 12.4. The van der Waals surface area contributed by atoms with Gasteiger partial charge in [-0.3, -0.25) is 9.78 Å².